The van der Waals surface area contributed by atoms with Crippen molar-refractivity contribution in [1.29, 1.82) is 0 Å². The highest BCUT2D eigenvalue weighted by Gasteiger charge is 1.94. The third-order valence-corrected chi connectivity index (χ3v) is 2.17. The van der Waals surface area contributed by atoms with E-state index in [0.29, 0.717) is 0 Å². The predicted octanol–water partition coefficient (Wildman–Crippen LogP) is 2.88. The molecular weight excluding hydrogens is 224 g/mol. The first-order valence-electron chi connectivity index (χ1n) is 4.74. The number of hydrogen-bond acceptors (Lipinski definition) is 2. The van der Waals surface area contributed by atoms with Crippen LogP contribution in [0.5, 0.6) is 0 Å². The van der Waals surface area contributed by atoms with Gasteiger partial charge >= 0.3 is 0 Å². The van der Waals surface area contributed by atoms with Crippen LogP contribution in [0.4, 0.5) is 0 Å². The molecule has 1 N–H and O–H groups in total. The van der Waals surface area contributed by atoms with Crippen LogP contribution < -0.4 is 0 Å². The van der Waals surface area contributed by atoms with Crippen molar-refractivity contribution >= 4 is 18.5 Å². The highest BCUT2D eigenvalue weighted by Crippen LogP contribution is 2.07. The van der Waals surface area contributed by atoms with Gasteiger partial charge in [-0.2, -0.15) is 0 Å². The zero-order valence-corrected chi connectivity index (χ0v) is 9.47. The van der Waals surface area contributed by atoms with Crippen molar-refractivity contribution in [2.75, 3.05) is 0 Å². The second-order valence-corrected chi connectivity index (χ2v) is 3.29. The molecule has 1 heterocycles. The van der Waals surface area contributed by atoms with Gasteiger partial charge in [0, 0.05) is 18.9 Å². The van der Waals surface area contributed by atoms with Gasteiger partial charge in [-0.25, -0.2) is 4.98 Å². The molecule has 16 heavy (non-hydrogen) atoms. The molecule has 0 aliphatic carbocycles. The van der Waals surface area contributed by atoms with Gasteiger partial charge in [0.2, 0.25) is 0 Å². The zero-order chi connectivity index (χ0) is 10.5. The van der Waals surface area contributed by atoms with E-state index in [2.05, 4.69) is 4.98 Å². The second kappa shape index (κ2) is 5.98. The van der Waals surface area contributed by atoms with E-state index in [1.54, 1.807) is 18.6 Å². The van der Waals surface area contributed by atoms with Crippen molar-refractivity contribution in [2.24, 2.45) is 0 Å². The molecule has 0 aliphatic rings. The summed E-state index contributed by atoms with van der Waals surface area (Å²) in [6, 6.07) is 8.02. The molecule has 0 fully saturated rings. The molecule has 0 saturated heterocycles. The third-order valence-electron chi connectivity index (χ3n) is 2.17. The van der Waals surface area contributed by atoms with Crippen LogP contribution >= 0.6 is 12.4 Å². The van der Waals surface area contributed by atoms with Crippen LogP contribution in [0.15, 0.2) is 49.2 Å². The molecule has 0 saturated carbocycles. The number of hydrogen-bond donors (Lipinski definition) is 1. The lowest BCUT2D eigenvalue weighted by atomic mass is 10.1. The number of aromatic nitrogens is 2. The fraction of sp³-hybridized carbons (Fsp3) is 0.0833. The Hall–Kier alpha value is -1.74. The second-order valence-electron chi connectivity index (χ2n) is 3.29. The van der Waals surface area contributed by atoms with Crippen molar-refractivity contribution in [2.45, 2.75) is 6.54 Å². The van der Waals surface area contributed by atoms with E-state index in [0.717, 1.165) is 18.4 Å². The van der Waals surface area contributed by atoms with Crippen LogP contribution in [0.2, 0.25) is 0 Å². The quantitative estimate of drug-likeness (QED) is 0.833. The molecule has 0 spiro atoms. The van der Waals surface area contributed by atoms with Gasteiger partial charge < -0.3 is 9.67 Å². The molecule has 0 amide bonds. The number of imidazole rings is 1. The average Bonchev–Trinajstić information content (AvgIpc) is 2.74. The Morgan fingerprint density at radius 2 is 2.00 bits per heavy atom. The third kappa shape index (κ3) is 3.14. The van der Waals surface area contributed by atoms with Crippen LogP contribution in [-0.2, 0) is 6.54 Å². The summed E-state index contributed by atoms with van der Waals surface area (Å²) in [5.41, 5.74) is 2.20. The molecule has 4 heteroatoms. The zero-order valence-electron chi connectivity index (χ0n) is 8.65. The number of benzene rings is 1. The summed E-state index contributed by atoms with van der Waals surface area (Å²) in [4.78, 5) is 3.98. The minimum absolute atomic E-state index is 0. The summed E-state index contributed by atoms with van der Waals surface area (Å²) in [6.07, 6.45) is 8.19. The van der Waals surface area contributed by atoms with Crippen molar-refractivity contribution in [1.82, 2.24) is 9.55 Å². The maximum Gasteiger partial charge on any atom is 0.0949 e. The van der Waals surface area contributed by atoms with Crippen LogP contribution in [0.1, 0.15) is 11.1 Å². The van der Waals surface area contributed by atoms with E-state index in [4.69, 9.17) is 5.11 Å². The van der Waals surface area contributed by atoms with Gasteiger partial charge in [-0.05, 0) is 17.2 Å². The Kier molecular flexibility index (Phi) is 4.61. The molecule has 0 radical (unpaired) electrons. The van der Waals surface area contributed by atoms with Crippen LogP contribution in [0, 0.1) is 0 Å². The first kappa shape index (κ1) is 12.3. The average molecular weight is 237 g/mol. The molecule has 1 aromatic carbocycles. The normalized spacial score (nSPS) is 10.2. The number of nitrogens with zero attached hydrogens (tertiary/aromatic N) is 2. The van der Waals surface area contributed by atoms with E-state index in [-0.39, 0.29) is 12.4 Å². The largest absolute Gasteiger partial charge is 0.516 e. The van der Waals surface area contributed by atoms with E-state index < -0.39 is 0 Å². The Labute approximate surface area is 100 Å². The summed E-state index contributed by atoms with van der Waals surface area (Å²) < 4.78 is 2.01. The smallest absolute Gasteiger partial charge is 0.0949 e. The van der Waals surface area contributed by atoms with Crippen molar-refractivity contribution in [3.63, 3.8) is 0 Å². The lowest BCUT2D eigenvalue weighted by Crippen LogP contribution is -1.95. The fourth-order valence-electron chi connectivity index (χ4n) is 1.41. The van der Waals surface area contributed by atoms with Gasteiger partial charge in [0.05, 0.1) is 12.6 Å². The van der Waals surface area contributed by atoms with Gasteiger partial charge in [-0.15, -0.1) is 12.4 Å². The van der Waals surface area contributed by atoms with Crippen LogP contribution in [0.25, 0.3) is 6.08 Å². The molecule has 0 unspecified atom stereocenters. The van der Waals surface area contributed by atoms with Crippen LogP contribution in [0.3, 0.4) is 0 Å². The SMILES string of the molecule is Cl.O/C=C/c1ccc(Cn2ccnc2)cc1. The monoisotopic (exact) mass is 236 g/mol. The topological polar surface area (TPSA) is 38.0 Å². The lowest BCUT2D eigenvalue weighted by Gasteiger charge is -2.02. The standard InChI is InChI=1S/C12H12N2O.ClH/c15-8-5-11-1-3-12(4-2-11)9-14-7-6-13-10-14;/h1-8,10,15H,9H2;1H/b8-5+;. The molecule has 0 bridgehead atoms. The summed E-state index contributed by atoms with van der Waals surface area (Å²) in [7, 11) is 0. The van der Waals surface area contributed by atoms with E-state index in [9.17, 15) is 0 Å². The van der Waals surface area contributed by atoms with E-state index in [1.807, 2.05) is 35.0 Å². The highest BCUT2D eigenvalue weighted by molar-refractivity contribution is 5.85. The molecule has 0 atom stereocenters. The minimum atomic E-state index is 0. The summed E-state index contributed by atoms with van der Waals surface area (Å²) in [5, 5.41) is 8.60. The molecule has 2 rings (SSSR count). The van der Waals surface area contributed by atoms with E-state index >= 15 is 0 Å². The van der Waals surface area contributed by atoms with Gasteiger partial charge in [0.25, 0.3) is 0 Å². The first-order valence-corrected chi connectivity index (χ1v) is 4.74. The van der Waals surface area contributed by atoms with Crippen molar-refractivity contribution < 1.29 is 5.11 Å². The molecule has 2 aromatic rings. The minimum Gasteiger partial charge on any atom is -0.516 e. The Bertz CT molecular complexity index is 435. The van der Waals surface area contributed by atoms with Crippen molar-refractivity contribution in [3.8, 4) is 0 Å². The Balaban J connectivity index is 0.00000128. The molecule has 0 aliphatic heterocycles. The summed E-state index contributed by atoms with van der Waals surface area (Å²) >= 11 is 0. The maximum atomic E-state index is 8.60. The summed E-state index contributed by atoms with van der Waals surface area (Å²) in [6.45, 7) is 0.823. The highest BCUT2D eigenvalue weighted by atomic mass is 35.5. The van der Waals surface area contributed by atoms with Gasteiger partial charge in [0.1, 0.15) is 0 Å². The molecule has 1 aromatic heterocycles. The Morgan fingerprint density at radius 1 is 1.25 bits per heavy atom. The van der Waals surface area contributed by atoms with Gasteiger partial charge in [-0.1, -0.05) is 24.3 Å². The predicted molar refractivity (Wildman–Crippen MR) is 66.7 cm³/mol. The molecule has 84 valence electrons. The molecule has 3 nitrogen and oxygen atoms in total. The molecular formula is C12H13ClN2O. The number of aliphatic hydroxyl groups is 1. The summed E-state index contributed by atoms with van der Waals surface area (Å²) in [5.74, 6) is 0. The van der Waals surface area contributed by atoms with Gasteiger partial charge in [0.15, 0.2) is 0 Å². The lowest BCUT2D eigenvalue weighted by molar-refractivity contribution is 0.478. The van der Waals surface area contributed by atoms with Crippen LogP contribution in [-0.4, -0.2) is 14.7 Å². The number of rotatable bonds is 3. The maximum absolute atomic E-state index is 8.60. The van der Waals surface area contributed by atoms with Crippen molar-refractivity contribution in [3.05, 3.63) is 60.4 Å². The first-order chi connectivity index (χ1) is 7.38. The number of halogens is 1. The van der Waals surface area contributed by atoms with Gasteiger partial charge in [-0.3, -0.25) is 0 Å². The number of aliphatic hydroxyl groups excluding tert-OH is 1. The fourth-order valence-corrected chi connectivity index (χ4v) is 1.41. The van der Waals surface area contributed by atoms with E-state index in [1.165, 1.54) is 5.56 Å². The Morgan fingerprint density at radius 3 is 2.56 bits per heavy atom.